The molecule has 1 heterocycles. The highest BCUT2D eigenvalue weighted by Crippen LogP contribution is 2.34. The van der Waals surface area contributed by atoms with Gasteiger partial charge in [-0.1, -0.05) is 29.8 Å². The zero-order chi connectivity index (χ0) is 20.1. The van der Waals surface area contributed by atoms with E-state index in [9.17, 15) is 9.59 Å². The summed E-state index contributed by atoms with van der Waals surface area (Å²) in [5, 5.41) is 0.399. The van der Waals surface area contributed by atoms with Crippen LogP contribution in [-0.2, 0) is 16.1 Å². The number of imide groups is 1. The van der Waals surface area contributed by atoms with Crippen molar-refractivity contribution in [2.75, 3.05) is 20.3 Å². The van der Waals surface area contributed by atoms with Gasteiger partial charge in [0.1, 0.15) is 12.4 Å². The highest BCUT2D eigenvalue weighted by atomic mass is 79.9. The number of nitrogens with zero attached hydrogens (tertiary/aromatic N) is 1. The largest absolute Gasteiger partial charge is 0.488 e. The van der Waals surface area contributed by atoms with Crippen LogP contribution in [0.4, 0.5) is 4.79 Å². The minimum atomic E-state index is -0.300. The van der Waals surface area contributed by atoms with Crippen LogP contribution in [0.1, 0.15) is 11.1 Å². The minimum absolute atomic E-state index is 0.250. The molecule has 0 unspecified atom stereocenters. The Hall–Kier alpha value is -1.80. The summed E-state index contributed by atoms with van der Waals surface area (Å²) in [6, 6.07) is 13.0. The predicted molar refractivity (Wildman–Crippen MR) is 114 cm³/mol. The molecule has 0 saturated carbocycles. The van der Waals surface area contributed by atoms with Gasteiger partial charge in [0, 0.05) is 12.1 Å². The number of carbonyl (C=O) groups is 2. The van der Waals surface area contributed by atoms with Crippen LogP contribution < -0.4 is 4.74 Å². The molecule has 0 radical (unpaired) electrons. The topological polar surface area (TPSA) is 55.8 Å². The maximum absolute atomic E-state index is 12.4. The summed E-state index contributed by atoms with van der Waals surface area (Å²) in [7, 11) is 1.53. The number of methoxy groups -OCH3 is 1. The van der Waals surface area contributed by atoms with E-state index in [0.29, 0.717) is 28.9 Å². The fourth-order valence-corrected chi connectivity index (χ4v) is 3.99. The molecule has 1 fully saturated rings. The number of thioether (sulfide) groups is 1. The maximum atomic E-state index is 12.4. The Morgan fingerprint density at radius 3 is 2.61 bits per heavy atom. The smallest absolute Gasteiger partial charge is 0.293 e. The molecule has 0 N–H and O–H groups in total. The van der Waals surface area contributed by atoms with Crippen molar-refractivity contribution in [2.45, 2.75) is 6.61 Å². The molecular weight excluding hydrogens is 466 g/mol. The monoisotopic (exact) mass is 481 g/mol. The van der Waals surface area contributed by atoms with E-state index >= 15 is 0 Å². The first-order valence-corrected chi connectivity index (χ1v) is 10.4. The Labute approximate surface area is 180 Å². The first-order valence-electron chi connectivity index (χ1n) is 8.39. The lowest BCUT2D eigenvalue weighted by atomic mass is 10.2. The lowest BCUT2D eigenvalue weighted by molar-refractivity contribution is -0.123. The molecule has 28 heavy (non-hydrogen) atoms. The van der Waals surface area contributed by atoms with Gasteiger partial charge < -0.3 is 9.47 Å². The predicted octanol–water partition coefficient (Wildman–Crippen LogP) is 5.36. The van der Waals surface area contributed by atoms with Crippen LogP contribution >= 0.6 is 39.3 Å². The van der Waals surface area contributed by atoms with E-state index < -0.39 is 0 Å². The first kappa shape index (κ1) is 20.9. The number of amides is 2. The average molecular weight is 483 g/mol. The lowest BCUT2D eigenvalue weighted by Crippen LogP contribution is -2.31. The van der Waals surface area contributed by atoms with Gasteiger partial charge in [0.15, 0.2) is 0 Å². The van der Waals surface area contributed by atoms with Crippen LogP contribution in [0.25, 0.3) is 6.08 Å². The van der Waals surface area contributed by atoms with E-state index in [1.54, 1.807) is 6.08 Å². The Bertz CT molecular complexity index is 917. The quantitative estimate of drug-likeness (QED) is 0.497. The first-order chi connectivity index (χ1) is 13.5. The molecule has 0 bridgehead atoms. The normalized spacial score (nSPS) is 15.5. The van der Waals surface area contributed by atoms with Crippen LogP contribution in [0, 0.1) is 0 Å². The molecule has 0 spiro atoms. The third-order valence-electron chi connectivity index (χ3n) is 3.95. The van der Waals surface area contributed by atoms with Gasteiger partial charge in [0.05, 0.1) is 22.5 Å². The molecule has 146 valence electrons. The molecule has 2 aromatic carbocycles. The van der Waals surface area contributed by atoms with E-state index in [2.05, 4.69) is 15.9 Å². The fourth-order valence-electron chi connectivity index (χ4n) is 2.49. The van der Waals surface area contributed by atoms with E-state index in [1.807, 2.05) is 42.5 Å². The number of carbonyl (C=O) groups excluding carboxylic acids is 2. The van der Waals surface area contributed by atoms with Crippen molar-refractivity contribution in [1.29, 1.82) is 0 Å². The third-order valence-corrected chi connectivity index (χ3v) is 5.73. The summed E-state index contributed by atoms with van der Waals surface area (Å²) in [6.07, 6.45) is 1.70. The Balaban J connectivity index is 1.68. The van der Waals surface area contributed by atoms with E-state index in [-0.39, 0.29) is 17.7 Å². The summed E-state index contributed by atoms with van der Waals surface area (Å²) < 4.78 is 11.5. The van der Waals surface area contributed by atoms with Crippen LogP contribution in [0.15, 0.2) is 51.8 Å². The van der Waals surface area contributed by atoms with Crippen molar-refractivity contribution >= 4 is 56.5 Å². The molecule has 8 heteroatoms. The molecule has 2 amide bonds. The summed E-state index contributed by atoms with van der Waals surface area (Å²) in [5.74, 6) is 0.381. The number of halogens is 2. The highest BCUT2D eigenvalue weighted by Gasteiger charge is 2.34. The Kier molecular flexibility index (Phi) is 7.18. The van der Waals surface area contributed by atoms with Crippen molar-refractivity contribution in [3.05, 3.63) is 68.0 Å². The molecule has 1 aliphatic rings. The van der Waals surface area contributed by atoms with Gasteiger partial charge >= 0.3 is 0 Å². The van der Waals surface area contributed by atoms with Crippen LogP contribution in [-0.4, -0.2) is 36.3 Å². The maximum Gasteiger partial charge on any atom is 0.293 e. The van der Waals surface area contributed by atoms with Crippen LogP contribution in [0.2, 0.25) is 5.02 Å². The van der Waals surface area contributed by atoms with Crippen LogP contribution in [0.5, 0.6) is 5.75 Å². The van der Waals surface area contributed by atoms with E-state index in [0.717, 1.165) is 27.4 Å². The Morgan fingerprint density at radius 1 is 1.18 bits per heavy atom. The second-order valence-corrected chi connectivity index (χ2v) is 8.22. The number of ether oxygens (including phenoxy) is 2. The van der Waals surface area contributed by atoms with Gasteiger partial charge in [-0.15, -0.1) is 0 Å². The van der Waals surface area contributed by atoms with Crippen molar-refractivity contribution < 1.29 is 19.1 Å². The van der Waals surface area contributed by atoms with Gasteiger partial charge in [0.25, 0.3) is 11.1 Å². The summed E-state index contributed by atoms with van der Waals surface area (Å²) in [5.41, 5.74) is 1.80. The van der Waals surface area contributed by atoms with Gasteiger partial charge in [-0.2, -0.15) is 0 Å². The van der Waals surface area contributed by atoms with Crippen LogP contribution in [0.3, 0.4) is 0 Å². The summed E-state index contributed by atoms with van der Waals surface area (Å²) in [6.45, 7) is 0.976. The number of hydrogen-bond acceptors (Lipinski definition) is 5. The highest BCUT2D eigenvalue weighted by molar-refractivity contribution is 9.10. The van der Waals surface area contributed by atoms with E-state index in [1.165, 1.54) is 12.0 Å². The molecule has 0 aliphatic carbocycles. The SMILES string of the molecule is COCCN1C(=O)S/C(=C/c2ccc(OCc3ccc(Cl)cc3)c(Br)c2)C1=O. The summed E-state index contributed by atoms with van der Waals surface area (Å²) in [4.78, 5) is 25.9. The lowest BCUT2D eigenvalue weighted by Gasteiger charge is -2.11. The van der Waals surface area contributed by atoms with Gasteiger partial charge in [0.2, 0.25) is 0 Å². The molecule has 0 aromatic heterocycles. The third kappa shape index (κ3) is 5.17. The number of rotatable bonds is 7. The molecule has 0 atom stereocenters. The number of hydrogen-bond donors (Lipinski definition) is 0. The second kappa shape index (κ2) is 9.60. The van der Waals surface area contributed by atoms with Crippen molar-refractivity contribution in [3.63, 3.8) is 0 Å². The fraction of sp³-hybridized carbons (Fsp3) is 0.200. The molecule has 2 aromatic rings. The van der Waals surface area contributed by atoms with Gasteiger partial charge in [-0.3, -0.25) is 14.5 Å². The second-order valence-electron chi connectivity index (χ2n) is 5.93. The molecule has 1 saturated heterocycles. The van der Waals surface area contributed by atoms with Crippen molar-refractivity contribution in [2.24, 2.45) is 0 Å². The van der Waals surface area contributed by atoms with E-state index in [4.69, 9.17) is 21.1 Å². The standard InChI is InChI=1S/C20H17BrClNO4S/c1-26-9-8-23-19(24)18(28-20(23)25)11-14-4-7-17(16(21)10-14)27-12-13-2-5-15(22)6-3-13/h2-7,10-11H,8-9,12H2,1H3/b18-11+. The minimum Gasteiger partial charge on any atom is -0.488 e. The van der Waals surface area contributed by atoms with Crippen molar-refractivity contribution in [1.82, 2.24) is 4.90 Å². The zero-order valence-corrected chi connectivity index (χ0v) is 18.1. The summed E-state index contributed by atoms with van der Waals surface area (Å²) >= 11 is 10.3. The van der Waals surface area contributed by atoms with Gasteiger partial charge in [-0.05, 0) is 69.2 Å². The van der Waals surface area contributed by atoms with Crippen molar-refractivity contribution in [3.8, 4) is 5.75 Å². The molecule has 1 aliphatic heterocycles. The molecule has 5 nitrogen and oxygen atoms in total. The van der Waals surface area contributed by atoms with Gasteiger partial charge in [-0.25, -0.2) is 0 Å². The molecular formula is C20H17BrClNO4S. The number of benzene rings is 2. The average Bonchev–Trinajstić information content (AvgIpc) is 2.94. The Morgan fingerprint density at radius 2 is 1.93 bits per heavy atom. The zero-order valence-electron chi connectivity index (χ0n) is 15.0. The molecule has 3 rings (SSSR count).